The molecule has 0 saturated heterocycles. The Labute approximate surface area is 123 Å². The lowest BCUT2D eigenvalue weighted by Crippen LogP contribution is -2.13. The summed E-state index contributed by atoms with van der Waals surface area (Å²) in [5, 5.41) is 7.97. The number of benzene rings is 1. The van der Waals surface area contributed by atoms with Crippen LogP contribution in [-0.2, 0) is 20.1 Å². The average Bonchev–Trinajstić information content (AvgIpc) is 2.75. The second kappa shape index (κ2) is 6.37. The van der Waals surface area contributed by atoms with Crippen LogP contribution in [0.4, 0.5) is 4.39 Å². The number of nitrogens with zero attached hydrogens (tertiary/aromatic N) is 2. The predicted octanol–water partition coefficient (Wildman–Crippen LogP) is 3.63. The van der Waals surface area contributed by atoms with Gasteiger partial charge in [-0.15, -0.1) is 0 Å². The summed E-state index contributed by atoms with van der Waals surface area (Å²) < 4.78 is 14.9. The zero-order chi connectivity index (χ0) is 14.7. The van der Waals surface area contributed by atoms with E-state index in [0.29, 0.717) is 12.5 Å². The van der Waals surface area contributed by atoms with E-state index >= 15 is 0 Å². The van der Waals surface area contributed by atoms with Gasteiger partial charge in [0.25, 0.3) is 0 Å². The first-order chi connectivity index (χ1) is 9.47. The maximum Gasteiger partial charge on any atom is 0.141 e. The van der Waals surface area contributed by atoms with E-state index in [1.165, 1.54) is 11.6 Å². The van der Waals surface area contributed by atoms with Gasteiger partial charge in [-0.05, 0) is 23.6 Å². The van der Waals surface area contributed by atoms with Crippen LogP contribution < -0.4 is 5.32 Å². The largest absolute Gasteiger partial charge is 0.308 e. The van der Waals surface area contributed by atoms with Crippen LogP contribution in [-0.4, -0.2) is 9.78 Å². The van der Waals surface area contributed by atoms with Crippen molar-refractivity contribution in [2.24, 2.45) is 7.05 Å². The highest BCUT2D eigenvalue weighted by Gasteiger charge is 2.10. The highest BCUT2D eigenvalue weighted by atomic mass is 35.5. The minimum absolute atomic E-state index is 0.161. The summed E-state index contributed by atoms with van der Waals surface area (Å²) in [6, 6.07) is 4.78. The average molecular weight is 296 g/mol. The van der Waals surface area contributed by atoms with E-state index in [2.05, 4.69) is 24.3 Å². The van der Waals surface area contributed by atoms with Crippen molar-refractivity contribution in [2.75, 3.05) is 0 Å². The van der Waals surface area contributed by atoms with Gasteiger partial charge in [-0.2, -0.15) is 5.10 Å². The predicted molar refractivity (Wildman–Crippen MR) is 79.3 cm³/mol. The van der Waals surface area contributed by atoms with E-state index in [-0.39, 0.29) is 10.8 Å². The molecule has 0 atom stereocenters. The van der Waals surface area contributed by atoms with Crippen LogP contribution in [0.5, 0.6) is 0 Å². The van der Waals surface area contributed by atoms with Crippen molar-refractivity contribution in [1.82, 2.24) is 15.1 Å². The van der Waals surface area contributed by atoms with Crippen molar-refractivity contribution in [2.45, 2.75) is 32.9 Å². The molecule has 0 spiro atoms. The summed E-state index contributed by atoms with van der Waals surface area (Å²) in [6.07, 6.45) is 2.03. The van der Waals surface area contributed by atoms with E-state index in [4.69, 9.17) is 11.6 Å². The fraction of sp³-hybridized carbons (Fsp3) is 0.400. The Morgan fingerprint density at radius 2 is 2.10 bits per heavy atom. The molecule has 5 heteroatoms. The van der Waals surface area contributed by atoms with Crippen LogP contribution in [0.15, 0.2) is 24.4 Å². The lowest BCUT2D eigenvalue weighted by Gasteiger charge is -2.07. The maximum absolute atomic E-state index is 13.1. The lowest BCUT2D eigenvalue weighted by atomic mass is 10.1. The molecule has 2 rings (SSSR count). The van der Waals surface area contributed by atoms with E-state index in [0.717, 1.165) is 17.8 Å². The zero-order valence-corrected chi connectivity index (χ0v) is 12.7. The quantitative estimate of drug-likeness (QED) is 0.913. The van der Waals surface area contributed by atoms with Crippen molar-refractivity contribution in [1.29, 1.82) is 0 Å². The number of rotatable bonds is 5. The van der Waals surface area contributed by atoms with Gasteiger partial charge in [-0.25, -0.2) is 4.39 Å². The van der Waals surface area contributed by atoms with Crippen LogP contribution in [0.1, 0.15) is 36.6 Å². The molecule has 2 aromatic rings. The summed E-state index contributed by atoms with van der Waals surface area (Å²) in [7, 11) is 1.93. The van der Waals surface area contributed by atoms with Crippen LogP contribution in [0.25, 0.3) is 0 Å². The first-order valence-corrected chi connectivity index (χ1v) is 7.02. The number of aromatic nitrogens is 2. The maximum atomic E-state index is 13.1. The molecule has 0 amide bonds. The van der Waals surface area contributed by atoms with Crippen molar-refractivity contribution >= 4 is 11.6 Å². The van der Waals surface area contributed by atoms with E-state index in [1.54, 1.807) is 12.1 Å². The minimum Gasteiger partial charge on any atom is -0.308 e. The van der Waals surface area contributed by atoms with Gasteiger partial charge < -0.3 is 5.32 Å². The number of aryl methyl sites for hydroxylation is 1. The number of nitrogens with one attached hydrogen (secondary N) is 1. The molecule has 3 nitrogen and oxygen atoms in total. The third-order valence-electron chi connectivity index (χ3n) is 3.11. The van der Waals surface area contributed by atoms with Crippen molar-refractivity contribution in [3.05, 3.63) is 52.1 Å². The van der Waals surface area contributed by atoms with Gasteiger partial charge in [0.1, 0.15) is 5.82 Å². The molecule has 0 aliphatic rings. The van der Waals surface area contributed by atoms with E-state index < -0.39 is 0 Å². The van der Waals surface area contributed by atoms with E-state index in [9.17, 15) is 4.39 Å². The zero-order valence-electron chi connectivity index (χ0n) is 12.0. The number of hydrogen-bond acceptors (Lipinski definition) is 2. The molecule has 0 saturated carbocycles. The van der Waals surface area contributed by atoms with Crippen molar-refractivity contribution in [3.63, 3.8) is 0 Å². The molecule has 1 heterocycles. The van der Waals surface area contributed by atoms with Gasteiger partial charge in [-0.1, -0.05) is 31.5 Å². The second-order valence-corrected chi connectivity index (χ2v) is 5.63. The third kappa shape index (κ3) is 3.58. The highest BCUT2D eigenvalue weighted by molar-refractivity contribution is 6.30. The molecule has 1 N–H and O–H groups in total. The molecule has 0 aliphatic carbocycles. The first kappa shape index (κ1) is 15.0. The Kier molecular flexibility index (Phi) is 4.78. The third-order valence-corrected chi connectivity index (χ3v) is 3.40. The van der Waals surface area contributed by atoms with Crippen LogP contribution in [0.3, 0.4) is 0 Å². The topological polar surface area (TPSA) is 29.9 Å². The molecule has 1 aromatic heterocycles. The van der Waals surface area contributed by atoms with Gasteiger partial charge >= 0.3 is 0 Å². The smallest absolute Gasteiger partial charge is 0.141 e. The van der Waals surface area contributed by atoms with Crippen molar-refractivity contribution in [3.8, 4) is 0 Å². The fourth-order valence-corrected chi connectivity index (χ4v) is 2.37. The van der Waals surface area contributed by atoms with Crippen LogP contribution >= 0.6 is 11.6 Å². The molecule has 0 aliphatic heterocycles. The van der Waals surface area contributed by atoms with Crippen LogP contribution in [0, 0.1) is 5.82 Å². The number of hydrogen-bond donors (Lipinski definition) is 1. The molecule has 0 fully saturated rings. The van der Waals surface area contributed by atoms with Crippen molar-refractivity contribution < 1.29 is 4.39 Å². The second-order valence-electron chi connectivity index (χ2n) is 5.22. The molecular formula is C15H19ClFN3. The SMILES string of the molecule is CC(C)c1nn(C)cc1CNCc1ccc(F)c(Cl)c1. The van der Waals surface area contributed by atoms with Gasteiger partial charge in [0.15, 0.2) is 0 Å². The molecule has 0 unspecified atom stereocenters. The van der Waals surface area contributed by atoms with E-state index in [1.807, 2.05) is 17.9 Å². The molecular weight excluding hydrogens is 277 g/mol. The molecule has 0 bridgehead atoms. The van der Waals surface area contributed by atoms with Gasteiger partial charge in [0.05, 0.1) is 10.7 Å². The Morgan fingerprint density at radius 3 is 2.75 bits per heavy atom. The lowest BCUT2D eigenvalue weighted by molar-refractivity contribution is 0.625. The Morgan fingerprint density at radius 1 is 1.35 bits per heavy atom. The standard InChI is InChI=1S/C15H19ClFN3/c1-10(2)15-12(9-20(3)19-15)8-18-7-11-4-5-14(17)13(16)6-11/h4-6,9-10,18H,7-8H2,1-3H3. The Bertz CT molecular complexity index is 593. The summed E-state index contributed by atoms with van der Waals surface area (Å²) in [5.41, 5.74) is 3.26. The van der Waals surface area contributed by atoms with Crippen LogP contribution in [0.2, 0.25) is 5.02 Å². The Balaban J connectivity index is 1.97. The molecule has 1 aromatic carbocycles. The van der Waals surface area contributed by atoms with Gasteiger partial charge in [0, 0.05) is 31.9 Å². The summed E-state index contributed by atoms with van der Waals surface area (Å²) in [6.45, 7) is 5.64. The summed E-state index contributed by atoms with van der Waals surface area (Å²) >= 11 is 5.76. The number of halogens is 2. The van der Waals surface area contributed by atoms with Gasteiger partial charge in [-0.3, -0.25) is 4.68 Å². The normalized spacial score (nSPS) is 11.3. The minimum atomic E-state index is -0.384. The molecule has 20 heavy (non-hydrogen) atoms. The Hall–Kier alpha value is -1.39. The summed E-state index contributed by atoms with van der Waals surface area (Å²) in [5.74, 6) is 0.0121. The first-order valence-electron chi connectivity index (χ1n) is 6.64. The van der Waals surface area contributed by atoms with Gasteiger partial charge in [0.2, 0.25) is 0 Å². The monoisotopic (exact) mass is 295 g/mol. The highest BCUT2D eigenvalue weighted by Crippen LogP contribution is 2.18. The molecule has 0 radical (unpaired) electrons. The molecule has 108 valence electrons. The summed E-state index contributed by atoms with van der Waals surface area (Å²) in [4.78, 5) is 0. The fourth-order valence-electron chi connectivity index (χ4n) is 2.17.